The highest BCUT2D eigenvalue weighted by Crippen LogP contribution is 2.30. The summed E-state index contributed by atoms with van der Waals surface area (Å²) in [6, 6.07) is 6.10. The molecule has 0 aliphatic carbocycles. The molecule has 2 aromatic rings. The predicted molar refractivity (Wildman–Crippen MR) is 120 cm³/mol. The minimum atomic E-state index is -3.74. The molecule has 0 radical (unpaired) electrons. The van der Waals surface area contributed by atoms with Crippen molar-refractivity contribution in [2.45, 2.75) is 56.4 Å². The number of piperidine rings is 1. The summed E-state index contributed by atoms with van der Waals surface area (Å²) in [6.07, 6.45) is 1.93. The van der Waals surface area contributed by atoms with Crippen LogP contribution in [-0.4, -0.2) is 57.6 Å². The molecule has 1 aliphatic heterocycles. The number of benzene rings is 1. The highest BCUT2D eigenvalue weighted by Gasteiger charge is 2.37. The van der Waals surface area contributed by atoms with E-state index >= 15 is 0 Å². The number of nitrogens with zero attached hydrogens (tertiary/aromatic N) is 3. The van der Waals surface area contributed by atoms with E-state index in [1.54, 1.807) is 30.9 Å². The number of aromatic nitrogens is 1. The van der Waals surface area contributed by atoms with Gasteiger partial charge in [-0.15, -0.1) is 0 Å². The van der Waals surface area contributed by atoms with Gasteiger partial charge in [0, 0.05) is 37.0 Å². The average molecular weight is 484 g/mol. The van der Waals surface area contributed by atoms with Gasteiger partial charge in [-0.25, -0.2) is 16.8 Å². The van der Waals surface area contributed by atoms with Gasteiger partial charge in [0.15, 0.2) is 15.6 Å². The predicted octanol–water partition coefficient (Wildman–Crippen LogP) is 2.54. The molecule has 0 saturated carbocycles. The Kier molecular flexibility index (Phi) is 6.83. The first kappa shape index (κ1) is 24.4. The molecule has 1 aromatic heterocycles. The van der Waals surface area contributed by atoms with Crippen molar-refractivity contribution in [3.8, 4) is 0 Å². The highest BCUT2D eigenvalue weighted by molar-refractivity contribution is 7.90. The zero-order valence-corrected chi connectivity index (χ0v) is 20.5. The van der Waals surface area contributed by atoms with Crippen molar-refractivity contribution in [1.82, 2.24) is 9.46 Å². The van der Waals surface area contributed by atoms with Gasteiger partial charge in [-0.3, -0.25) is 4.79 Å². The number of carbonyl (C=O) groups is 1. The van der Waals surface area contributed by atoms with Gasteiger partial charge in [-0.05, 0) is 64.8 Å². The molecule has 0 bridgehead atoms. The van der Waals surface area contributed by atoms with Crippen molar-refractivity contribution in [2.75, 3.05) is 24.2 Å². The molecule has 11 heteroatoms. The van der Waals surface area contributed by atoms with Crippen LogP contribution in [0.25, 0.3) is 0 Å². The molecule has 3 rings (SSSR count). The number of sulfone groups is 1. The fourth-order valence-corrected chi connectivity index (χ4v) is 6.44. The van der Waals surface area contributed by atoms with E-state index in [9.17, 15) is 21.6 Å². The van der Waals surface area contributed by atoms with E-state index in [0.29, 0.717) is 24.2 Å². The molecule has 0 spiro atoms. The molecule has 1 amide bonds. The monoisotopic (exact) mass is 483 g/mol. The molecule has 2 heterocycles. The van der Waals surface area contributed by atoms with Crippen LogP contribution in [0, 0.1) is 19.8 Å². The number of anilines is 1. The maximum Gasteiger partial charge on any atom is 0.248 e. The highest BCUT2D eigenvalue weighted by atomic mass is 32.2. The van der Waals surface area contributed by atoms with Crippen molar-refractivity contribution in [1.29, 1.82) is 0 Å². The van der Waals surface area contributed by atoms with Gasteiger partial charge >= 0.3 is 0 Å². The number of hydrogen-bond donors (Lipinski definition) is 0. The van der Waals surface area contributed by atoms with Gasteiger partial charge in [0.2, 0.25) is 15.9 Å². The van der Waals surface area contributed by atoms with Crippen LogP contribution in [0.5, 0.6) is 0 Å². The molecule has 1 aliphatic rings. The molecule has 9 nitrogen and oxygen atoms in total. The zero-order chi connectivity index (χ0) is 23.8. The third-order valence-corrected chi connectivity index (χ3v) is 8.94. The molecule has 1 saturated heterocycles. The maximum absolute atomic E-state index is 13.3. The van der Waals surface area contributed by atoms with E-state index < -0.39 is 19.9 Å². The van der Waals surface area contributed by atoms with Gasteiger partial charge in [-0.1, -0.05) is 5.16 Å². The third kappa shape index (κ3) is 4.74. The molecule has 1 fully saturated rings. The Hall–Kier alpha value is -2.24. The van der Waals surface area contributed by atoms with Crippen LogP contribution in [0.4, 0.5) is 5.69 Å². The third-order valence-electron chi connectivity index (χ3n) is 5.67. The van der Waals surface area contributed by atoms with E-state index in [0.717, 1.165) is 6.26 Å². The first-order chi connectivity index (χ1) is 14.8. The lowest BCUT2D eigenvalue weighted by atomic mass is 9.95. The first-order valence-electron chi connectivity index (χ1n) is 10.4. The Labute approximate surface area is 189 Å². The summed E-state index contributed by atoms with van der Waals surface area (Å²) in [7, 11) is -7.07. The number of hydrogen-bond acceptors (Lipinski definition) is 7. The molecular weight excluding hydrogens is 454 g/mol. The lowest BCUT2D eigenvalue weighted by Crippen LogP contribution is -2.46. The van der Waals surface area contributed by atoms with Crippen molar-refractivity contribution >= 4 is 31.5 Å². The summed E-state index contributed by atoms with van der Waals surface area (Å²) in [6.45, 7) is 7.39. The lowest BCUT2D eigenvalue weighted by molar-refractivity contribution is -0.123. The minimum Gasteiger partial charge on any atom is -0.360 e. The van der Waals surface area contributed by atoms with E-state index in [1.165, 1.54) is 16.4 Å². The number of aryl methyl sites for hydroxylation is 2. The van der Waals surface area contributed by atoms with Gasteiger partial charge in [-0.2, -0.15) is 4.31 Å². The van der Waals surface area contributed by atoms with Gasteiger partial charge < -0.3 is 9.42 Å². The standard InChI is InChI=1S/C21H29N3O6S2/c1-14(2)24(18-6-8-19(9-7-18)31(5,26)27)21(25)17-10-12-23(13-11-17)32(28,29)20-15(3)22-30-16(20)4/h6-9,14,17H,10-13H2,1-5H3. The number of amides is 1. The summed E-state index contributed by atoms with van der Waals surface area (Å²) in [4.78, 5) is 15.3. The van der Waals surface area contributed by atoms with E-state index in [1.807, 2.05) is 13.8 Å². The van der Waals surface area contributed by atoms with Crippen LogP contribution in [0.3, 0.4) is 0 Å². The summed E-state index contributed by atoms with van der Waals surface area (Å²) >= 11 is 0. The van der Waals surface area contributed by atoms with Crippen LogP contribution < -0.4 is 4.90 Å². The average Bonchev–Trinajstić information content (AvgIpc) is 3.06. The van der Waals surface area contributed by atoms with Crippen LogP contribution in [0.1, 0.15) is 38.1 Å². The van der Waals surface area contributed by atoms with E-state index in [-0.39, 0.29) is 46.5 Å². The largest absolute Gasteiger partial charge is 0.360 e. The Morgan fingerprint density at radius 3 is 2.09 bits per heavy atom. The van der Waals surface area contributed by atoms with Gasteiger partial charge in [0.25, 0.3) is 0 Å². The van der Waals surface area contributed by atoms with Gasteiger partial charge in [0.1, 0.15) is 10.6 Å². The molecule has 0 atom stereocenters. The van der Waals surface area contributed by atoms with Crippen LogP contribution in [-0.2, 0) is 24.7 Å². The minimum absolute atomic E-state index is 0.0945. The number of carbonyl (C=O) groups excluding carboxylic acids is 1. The fourth-order valence-electron chi connectivity index (χ4n) is 4.05. The van der Waals surface area contributed by atoms with Crippen LogP contribution in [0.2, 0.25) is 0 Å². The molecule has 0 unspecified atom stereocenters. The van der Waals surface area contributed by atoms with E-state index in [4.69, 9.17) is 4.52 Å². The second kappa shape index (κ2) is 8.95. The smallest absolute Gasteiger partial charge is 0.248 e. The van der Waals surface area contributed by atoms with Gasteiger partial charge in [0.05, 0.1) is 4.90 Å². The van der Waals surface area contributed by atoms with Crippen molar-refractivity contribution in [2.24, 2.45) is 5.92 Å². The normalized spacial score (nSPS) is 16.4. The summed E-state index contributed by atoms with van der Waals surface area (Å²) in [5.41, 5.74) is 0.937. The van der Waals surface area contributed by atoms with Crippen molar-refractivity contribution in [3.63, 3.8) is 0 Å². The van der Waals surface area contributed by atoms with Crippen LogP contribution >= 0.6 is 0 Å². The number of rotatable bonds is 6. The Morgan fingerprint density at radius 1 is 1.09 bits per heavy atom. The number of sulfonamides is 1. The second-order valence-electron chi connectivity index (χ2n) is 8.40. The summed E-state index contributed by atoms with van der Waals surface area (Å²) < 4.78 is 55.9. The molecule has 0 N–H and O–H groups in total. The Balaban J connectivity index is 1.76. The Morgan fingerprint density at radius 2 is 1.66 bits per heavy atom. The lowest BCUT2D eigenvalue weighted by Gasteiger charge is -2.35. The SMILES string of the molecule is Cc1noc(C)c1S(=O)(=O)N1CCC(C(=O)N(c2ccc(S(C)(=O)=O)cc2)C(C)C)CC1. The van der Waals surface area contributed by atoms with Crippen molar-refractivity contribution in [3.05, 3.63) is 35.7 Å². The second-order valence-corrected chi connectivity index (χ2v) is 12.3. The maximum atomic E-state index is 13.3. The first-order valence-corrected chi connectivity index (χ1v) is 13.7. The Bertz CT molecular complexity index is 1170. The van der Waals surface area contributed by atoms with Crippen LogP contribution in [0.15, 0.2) is 38.6 Å². The zero-order valence-electron chi connectivity index (χ0n) is 18.9. The fraction of sp³-hybridized carbons (Fsp3) is 0.524. The molecule has 176 valence electrons. The van der Waals surface area contributed by atoms with Crippen molar-refractivity contribution < 1.29 is 26.2 Å². The quantitative estimate of drug-likeness (QED) is 0.619. The summed E-state index contributed by atoms with van der Waals surface area (Å²) in [5, 5.41) is 3.74. The summed E-state index contributed by atoms with van der Waals surface area (Å²) in [5.74, 6) is -0.172. The topological polar surface area (TPSA) is 118 Å². The van der Waals surface area contributed by atoms with E-state index in [2.05, 4.69) is 5.16 Å². The molecule has 1 aromatic carbocycles. The molecular formula is C21H29N3O6S2. The molecule has 32 heavy (non-hydrogen) atoms.